The minimum Gasteiger partial charge on any atom is -0.508 e. The number of hydrogen-bond acceptors (Lipinski definition) is 4. The summed E-state index contributed by atoms with van der Waals surface area (Å²) in [6.07, 6.45) is -0.488. The molecule has 0 bridgehead atoms. The molecule has 15 heavy (non-hydrogen) atoms. The predicted molar refractivity (Wildman–Crippen MR) is 54.2 cm³/mol. The first-order chi connectivity index (χ1) is 6.65. The fourth-order valence-corrected chi connectivity index (χ4v) is 1.38. The number of nitrogens with one attached hydrogen (secondary N) is 1. The van der Waals surface area contributed by atoms with Crippen molar-refractivity contribution in [2.75, 3.05) is 6.61 Å². The molecule has 1 fully saturated rings. The van der Waals surface area contributed by atoms with Crippen molar-refractivity contribution in [1.82, 2.24) is 5.32 Å². The van der Waals surface area contributed by atoms with Crippen LogP contribution < -0.4 is 5.32 Å². The topological polar surface area (TPSA) is 78.8 Å². The number of cyclic esters (lactones) is 1. The standard InChI is InChI=1S/C9H9NO4.ClH/c11-6-1-5(2-7(12)3-6)8-4-14-9(13)10-8;/h1-3,8,11-12H,4H2,(H,10,13);1H/t8-;/m1./s1. The molecule has 6 heteroatoms. The molecule has 0 spiro atoms. The van der Waals surface area contributed by atoms with Crippen LogP contribution in [0.3, 0.4) is 0 Å². The van der Waals surface area contributed by atoms with Crippen molar-refractivity contribution in [2.24, 2.45) is 0 Å². The van der Waals surface area contributed by atoms with E-state index in [9.17, 15) is 15.0 Å². The third kappa shape index (κ3) is 2.44. The number of ether oxygens (including phenoxy) is 1. The van der Waals surface area contributed by atoms with Gasteiger partial charge in [0.15, 0.2) is 0 Å². The van der Waals surface area contributed by atoms with Gasteiger partial charge >= 0.3 is 6.09 Å². The van der Waals surface area contributed by atoms with E-state index in [0.717, 1.165) is 0 Å². The summed E-state index contributed by atoms with van der Waals surface area (Å²) in [6, 6.07) is 3.86. The van der Waals surface area contributed by atoms with Crippen molar-refractivity contribution in [3.05, 3.63) is 23.8 Å². The summed E-state index contributed by atoms with van der Waals surface area (Å²) in [7, 11) is 0. The molecular weight excluding hydrogens is 222 g/mol. The van der Waals surface area contributed by atoms with Gasteiger partial charge in [-0.25, -0.2) is 4.79 Å². The van der Waals surface area contributed by atoms with Crippen LogP contribution >= 0.6 is 12.4 Å². The Bertz CT molecular complexity index is 362. The van der Waals surface area contributed by atoms with Crippen LogP contribution in [0.25, 0.3) is 0 Å². The molecule has 5 nitrogen and oxygen atoms in total. The highest BCUT2D eigenvalue weighted by atomic mass is 35.5. The molecule has 0 aromatic heterocycles. The summed E-state index contributed by atoms with van der Waals surface area (Å²) in [5.74, 6) is -0.0812. The van der Waals surface area contributed by atoms with Gasteiger partial charge in [-0.15, -0.1) is 12.4 Å². The number of carbonyl (C=O) groups is 1. The molecule has 1 aromatic rings. The molecule has 1 aromatic carbocycles. The first-order valence-corrected chi connectivity index (χ1v) is 4.11. The Morgan fingerprint density at radius 3 is 2.33 bits per heavy atom. The van der Waals surface area contributed by atoms with Crippen LogP contribution in [0.15, 0.2) is 18.2 Å². The van der Waals surface area contributed by atoms with Crippen molar-refractivity contribution >= 4 is 18.5 Å². The Labute approximate surface area is 92.1 Å². The molecule has 1 saturated heterocycles. The van der Waals surface area contributed by atoms with Crippen molar-refractivity contribution < 1.29 is 19.7 Å². The Kier molecular flexibility index (Phi) is 3.26. The Hall–Kier alpha value is -1.62. The van der Waals surface area contributed by atoms with Crippen LogP contribution in [-0.2, 0) is 4.74 Å². The molecule has 0 unspecified atom stereocenters. The van der Waals surface area contributed by atoms with Gasteiger partial charge in [0.1, 0.15) is 18.1 Å². The average Bonchev–Trinajstić information content (AvgIpc) is 2.50. The number of hydrogen-bond donors (Lipinski definition) is 3. The summed E-state index contributed by atoms with van der Waals surface area (Å²) in [5.41, 5.74) is 0.619. The molecule has 82 valence electrons. The van der Waals surface area contributed by atoms with Gasteiger partial charge < -0.3 is 20.3 Å². The number of benzene rings is 1. The van der Waals surface area contributed by atoms with Crippen LogP contribution in [-0.4, -0.2) is 22.9 Å². The zero-order valence-corrected chi connectivity index (χ0v) is 8.45. The zero-order chi connectivity index (χ0) is 10.1. The molecular formula is C9H10ClNO4. The third-order valence-corrected chi connectivity index (χ3v) is 2.00. The fourth-order valence-electron chi connectivity index (χ4n) is 1.38. The maximum Gasteiger partial charge on any atom is 0.407 e. The molecule has 0 radical (unpaired) electrons. The number of rotatable bonds is 1. The molecule has 1 amide bonds. The highest BCUT2D eigenvalue weighted by molar-refractivity contribution is 5.85. The molecule has 2 rings (SSSR count). The largest absolute Gasteiger partial charge is 0.508 e. The highest BCUT2D eigenvalue weighted by Crippen LogP contribution is 2.26. The molecule has 1 aliphatic rings. The SMILES string of the molecule is Cl.O=C1N[C@@H](c2cc(O)cc(O)c2)CO1. The Morgan fingerprint density at radius 1 is 1.27 bits per heavy atom. The van der Waals surface area contributed by atoms with E-state index in [2.05, 4.69) is 10.1 Å². The van der Waals surface area contributed by atoms with Gasteiger partial charge in [-0.3, -0.25) is 0 Å². The quantitative estimate of drug-likeness (QED) is 0.681. The van der Waals surface area contributed by atoms with Crippen LogP contribution in [0.5, 0.6) is 11.5 Å². The van der Waals surface area contributed by atoms with Crippen molar-refractivity contribution in [2.45, 2.75) is 6.04 Å². The monoisotopic (exact) mass is 231 g/mol. The highest BCUT2D eigenvalue weighted by Gasteiger charge is 2.24. The number of phenolic OH excluding ortho intramolecular Hbond substituents is 2. The third-order valence-electron chi connectivity index (χ3n) is 2.00. The first-order valence-electron chi connectivity index (χ1n) is 4.11. The zero-order valence-electron chi connectivity index (χ0n) is 7.64. The van der Waals surface area contributed by atoms with Gasteiger partial charge in [-0.1, -0.05) is 0 Å². The van der Waals surface area contributed by atoms with Gasteiger partial charge in [0, 0.05) is 6.07 Å². The van der Waals surface area contributed by atoms with E-state index in [4.69, 9.17) is 0 Å². The number of halogens is 1. The second kappa shape index (κ2) is 4.27. The maximum atomic E-state index is 10.7. The Balaban J connectivity index is 0.00000112. The maximum absolute atomic E-state index is 10.7. The lowest BCUT2D eigenvalue weighted by Gasteiger charge is -2.08. The number of alkyl carbamates (subject to hydrolysis) is 1. The van der Waals surface area contributed by atoms with E-state index >= 15 is 0 Å². The van der Waals surface area contributed by atoms with Crippen LogP contribution in [0, 0.1) is 0 Å². The van der Waals surface area contributed by atoms with E-state index < -0.39 is 6.09 Å². The minimum atomic E-state index is -0.488. The van der Waals surface area contributed by atoms with E-state index in [0.29, 0.717) is 5.56 Å². The van der Waals surface area contributed by atoms with Crippen molar-refractivity contribution in [3.8, 4) is 11.5 Å². The predicted octanol–water partition coefficient (Wildman–Crippen LogP) is 1.30. The van der Waals surface area contributed by atoms with E-state index in [-0.39, 0.29) is 36.6 Å². The number of carbonyl (C=O) groups excluding carboxylic acids is 1. The molecule has 0 aliphatic carbocycles. The summed E-state index contributed by atoms with van der Waals surface area (Å²) in [5, 5.41) is 21.0. The summed E-state index contributed by atoms with van der Waals surface area (Å²) in [6.45, 7) is 0.210. The van der Waals surface area contributed by atoms with Crippen LogP contribution in [0.2, 0.25) is 0 Å². The summed E-state index contributed by atoms with van der Waals surface area (Å²) < 4.78 is 4.69. The van der Waals surface area contributed by atoms with E-state index in [1.165, 1.54) is 18.2 Å². The van der Waals surface area contributed by atoms with E-state index in [1.54, 1.807) is 0 Å². The molecule has 1 atom stereocenters. The number of phenols is 2. The van der Waals surface area contributed by atoms with Gasteiger partial charge in [0.05, 0.1) is 6.04 Å². The lowest BCUT2D eigenvalue weighted by atomic mass is 10.1. The van der Waals surface area contributed by atoms with Gasteiger partial charge in [-0.2, -0.15) is 0 Å². The lowest BCUT2D eigenvalue weighted by molar-refractivity contribution is 0.177. The Morgan fingerprint density at radius 2 is 1.87 bits per heavy atom. The minimum absolute atomic E-state index is 0. The number of aromatic hydroxyl groups is 2. The first kappa shape index (κ1) is 11.5. The lowest BCUT2D eigenvalue weighted by Crippen LogP contribution is -2.18. The average molecular weight is 232 g/mol. The molecule has 1 heterocycles. The molecule has 1 aliphatic heterocycles. The molecule has 3 N–H and O–H groups in total. The second-order valence-corrected chi connectivity index (χ2v) is 3.08. The second-order valence-electron chi connectivity index (χ2n) is 3.08. The summed E-state index contributed by atoms with van der Waals surface area (Å²) in [4.78, 5) is 10.7. The van der Waals surface area contributed by atoms with Crippen LogP contribution in [0.4, 0.5) is 4.79 Å². The molecule has 0 saturated carbocycles. The van der Waals surface area contributed by atoms with E-state index in [1.807, 2.05) is 0 Å². The van der Waals surface area contributed by atoms with Gasteiger partial charge in [0.25, 0.3) is 0 Å². The van der Waals surface area contributed by atoms with Crippen molar-refractivity contribution in [3.63, 3.8) is 0 Å². The number of amides is 1. The summed E-state index contributed by atoms with van der Waals surface area (Å²) >= 11 is 0. The van der Waals surface area contributed by atoms with Crippen LogP contribution in [0.1, 0.15) is 11.6 Å². The van der Waals surface area contributed by atoms with Crippen molar-refractivity contribution in [1.29, 1.82) is 0 Å². The van der Waals surface area contributed by atoms with Gasteiger partial charge in [0.2, 0.25) is 0 Å². The normalized spacial score (nSPS) is 18.9. The van der Waals surface area contributed by atoms with Gasteiger partial charge in [-0.05, 0) is 17.7 Å². The smallest absolute Gasteiger partial charge is 0.407 e. The fraction of sp³-hybridized carbons (Fsp3) is 0.222.